The van der Waals surface area contributed by atoms with E-state index in [1.807, 2.05) is 6.92 Å². The maximum Gasteiger partial charge on any atom is 0.251 e. The van der Waals surface area contributed by atoms with Crippen molar-refractivity contribution in [2.24, 2.45) is 0 Å². The number of rotatable bonds is 5. The molecule has 8 heteroatoms. The van der Waals surface area contributed by atoms with Gasteiger partial charge in [-0.25, -0.2) is 15.0 Å². The summed E-state index contributed by atoms with van der Waals surface area (Å²) in [4.78, 5) is 39.9. The molecule has 2 aromatic rings. The Morgan fingerprint density at radius 3 is 2.81 bits per heavy atom. The van der Waals surface area contributed by atoms with Crippen LogP contribution in [0, 0.1) is 13.8 Å². The summed E-state index contributed by atoms with van der Waals surface area (Å²) < 4.78 is 0. The van der Waals surface area contributed by atoms with Gasteiger partial charge < -0.3 is 10.3 Å². The zero-order chi connectivity index (χ0) is 18.7. The average Bonchev–Trinajstić information content (AvgIpc) is 2.58. The van der Waals surface area contributed by atoms with Crippen molar-refractivity contribution < 1.29 is 4.79 Å². The molecule has 0 radical (unpaired) electrons. The van der Waals surface area contributed by atoms with Crippen molar-refractivity contribution in [1.82, 2.24) is 25.3 Å². The highest BCUT2D eigenvalue weighted by molar-refractivity contribution is 8.00. The maximum absolute atomic E-state index is 12.4. The van der Waals surface area contributed by atoms with Gasteiger partial charge in [-0.3, -0.25) is 9.59 Å². The zero-order valence-corrected chi connectivity index (χ0v) is 16.1. The lowest BCUT2D eigenvalue weighted by molar-refractivity contribution is -0.120. The van der Waals surface area contributed by atoms with E-state index in [0.717, 1.165) is 30.7 Å². The van der Waals surface area contributed by atoms with Crippen LogP contribution < -0.4 is 10.9 Å². The van der Waals surface area contributed by atoms with Gasteiger partial charge >= 0.3 is 0 Å². The molecule has 0 bridgehead atoms. The fourth-order valence-corrected chi connectivity index (χ4v) is 3.94. The highest BCUT2D eigenvalue weighted by Gasteiger charge is 2.18. The second-order valence-electron chi connectivity index (χ2n) is 6.53. The Bertz CT molecular complexity index is 880. The lowest BCUT2D eigenvalue weighted by atomic mass is 9.95. The van der Waals surface area contributed by atoms with Crippen molar-refractivity contribution in [3.63, 3.8) is 0 Å². The normalized spacial score (nSPS) is 14.6. The predicted octanol–water partition coefficient (Wildman–Crippen LogP) is 1.85. The van der Waals surface area contributed by atoms with E-state index in [-0.39, 0.29) is 11.5 Å². The molecule has 7 nitrogen and oxygen atoms in total. The Kier molecular flexibility index (Phi) is 5.70. The number of hydrogen-bond acceptors (Lipinski definition) is 6. The van der Waals surface area contributed by atoms with Crippen LogP contribution in [0.4, 0.5) is 0 Å². The highest BCUT2D eigenvalue weighted by atomic mass is 32.2. The van der Waals surface area contributed by atoms with Crippen LogP contribution in [-0.4, -0.2) is 31.1 Å². The van der Waals surface area contributed by atoms with E-state index in [1.54, 1.807) is 13.8 Å². The third kappa shape index (κ3) is 4.49. The summed E-state index contributed by atoms with van der Waals surface area (Å²) in [5.74, 6) is 0.508. The lowest BCUT2D eigenvalue weighted by Crippen LogP contribution is -2.31. The SMILES string of the molecule is Cc1cc(=O)[nH]c(S[C@H](C)C(=O)NCc2nc(C)c3c(n2)CCCC3)n1. The van der Waals surface area contributed by atoms with E-state index in [9.17, 15) is 9.59 Å². The third-order valence-electron chi connectivity index (χ3n) is 4.36. The second kappa shape index (κ2) is 7.99. The number of carbonyl (C=O) groups excluding carboxylic acids is 1. The van der Waals surface area contributed by atoms with Crippen LogP contribution in [0.25, 0.3) is 0 Å². The molecule has 1 atom stereocenters. The molecule has 0 fully saturated rings. The number of fused-ring (bicyclic) bond motifs is 1. The molecule has 0 aliphatic heterocycles. The topological polar surface area (TPSA) is 101 Å². The minimum atomic E-state index is -0.390. The third-order valence-corrected chi connectivity index (χ3v) is 5.35. The molecule has 0 aromatic carbocycles. The van der Waals surface area contributed by atoms with E-state index < -0.39 is 5.25 Å². The highest BCUT2D eigenvalue weighted by Crippen LogP contribution is 2.22. The molecule has 0 spiro atoms. The molecule has 1 aliphatic rings. The molecular formula is C18H23N5O2S. The molecule has 0 unspecified atom stereocenters. The van der Waals surface area contributed by atoms with Crippen LogP contribution >= 0.6 is 11.8 Å². The Hall–Kier alpha value is -2.22. The molecular weight excluding hydrogens is 350 g/mol. The van der Waals surface area contributed by atoms with Gasteiger partial charge in [0.25, 0.3) is 5.56 Å². The number of amides is 1. The number of nitrogens with zero attached hydrogens (tertiary/aromatic N) is 3. The quantitative estimate of drug-likeness (QED) is 0.613. The van der Waals surface area contributed by atoms with Crippen molar-refractivity contribution in [3.8, 4) is 0 Å². The summed E-state index contributed by atoms with van der Waals surface area (Å²) in [5, 5.41) is 2.93. The first-order chi connectivity index (χ1) is 12.4. The summed E-state index contributed by atoms with van der Waals surface area (Å²) >= 11 is 1.22. The number of aromatic amines is 1. The van der Waals surface area contributed by atoms with E-state index in [2.05, 4.69) is 25.3 Å². The van der Waals surface area contributed by atoms with Gasteiger partial charge in [0, 0.05) is 23.1 Å². The van der Waals surface area contributed by atoms with Gasteiger partial charge in [-0.15, -0.1) is 0 Å². The number of nitrogens with one attached hydrogen (secondary N) is 2. The summed E-state index contributed by atoms with van der Waals surface area (Å²) in [5.41, 5.74) is 3.82. The summed E-state index contributed by atoms with van der Waals surface area (Å²) in [6, 6.07) is 1.42. The van der Waals surface area contributed by atoms with Crippen molar-refractivity contribution >= 4 is 17.7 Å². The Morgan fingerprint density at radius 1 is 1.27 bits per heavy atom. The maximum atomic E-state index is 12.4. The van der Waals surface area contributed by atoms with Crippen LogP contribution in [0.1, 0.15) is 48.2 Å². The van der Waals surface area contributed by atoms with Gasteiger partial charge in [-0.05, 0) is 52.0 Å². The zero-order valence-electron chi connectivity index (χ0n) is 15.3. The summed E-state index contributed by atoms with van der Waals surface area (Å²) in [7, 11) is 0. The molecule has 1 amide bonds. The Labute approximate surface area is 156 Å². The first-order valence-corrected chi connectivity index (χ1v) is 9.68. The van der Waals surface area contributed by atoms with Crippen molar-refractivity contribution in [2.45, 2.75) is 63.4 Å². The number of hydrogen-bond donors (Lipinski definition) is 2. The molecule has 2 aromatic heterocycles. The van der Waals surface area contributed by atoms with Gasteiger partial charge in [0.15, 0.2) is 5.16 Å². The van der Waals surface area contributed by atoms with Crippen molar-refractivity contribution in [2.75, 3.05) is 0 Å². The van der Waals surface area contributed by atoms with Gasteiger partial charge in [0.1, 0.15) is 5.82 Å². The number of H-pyrrole nitrogens is 1. The van der Waals surface area contributed by atoms with E-state index in [1.165, 1.54) is 29.8 Å². The van der Waals surface area contributed by atoms with E-state index >= 15 is 0 Å². The molecule has 2 N–H and O–H groups in total. The Balaban J connectivity index is 1.61. The number of aryl methyl sites for hydroxylation is 3. The first-order valence-electron chi connectivity index (χ1n) is 8.80. The molecule has 0 saturated carbocycles. The molecule has 138 valence electrons. The largest absolute Gasteiger partial charge is 0.348 e. The minimum Gasteiger partial charge on any atom is -0.348 e. The van der Waals surface area contributed by atoms with E-state index in [4.69, 9.17) is 0 Å². The minimum absolute atomic E-state index is 0.141. The molecule has 26 heavy (non-hydrogen) atoms. The molecule has 1 aliphatic carbocycles. The lowest BCUT2D eigenvalue weighted by Gasteiger charge is -2.18. The fourth-order valence-electron chi connectivity index (χ4n) is 3.06. The standard InChI is InChI=1S/C18H23N5O2S/c1-10-8-16(24)23-18(20-10)26-12(3)17(25)19-9-15-21-11(2)13-6-4-5-7-14(13)22-15/h8,12H,4-7,9H2,1-3H3,(H,19,25)(H,20,23,24)/t12-/m1/s1. The number of thioether (sulfide) groups is 1. The summed E-state index contributed by atoms with van der Waals surface area (Å²) in [6.45, 7) is 5.84. The van der Waals surface area contributed by atoms with Gasteiger partial charge in [-0.2, -0.15) is 0 Å². The monoisotopic (exact) mass is 373 g/mol. The van der Waals surface area contributed by atoms with Crippen LogP contribution in [0.2, 0.25) is 0 Å². The summed E-state index contributed by atoms with van der Waals surface area (Å²) in [6.07, 6.45) is 4.38. The molecule has 2 heterocycles. The average molecular weight is 373 g/mol. The fraction of sp³-hybridized carbons (Fsp3) is 0.500. The van der Waals surface area contributed by atoms with Crippen LogP contribution in [0.5, 0.6) is 0 Å². The smallest absolute Gasteiger partial charge is 0.251 e. The van der Waals surface area contributed by atoms with E-state index in [0.29, 0.717) is 23.2 Å². The van der Waals surface area contributed by atoms with Crippen molar-refractivity contribution in [3.05, 3.63) is 44.9 Å². The second-order valence-corrected chi connectivity index (χ2v) is 7.86. The van der Waals surface area contributed by atoms with Crippen LogP contribution in [0.15, 0.2) is 16.0 Å². The van der Waals surface area contributed by atoms with Gasteiger partial charge in [-0.1, -0.05) is 11.8 Å². The van der Waals surface area contributed by atoms with Gasteiger partial charge in [0.2, 0.25) is 5.91 Å². The van der Waals surface area contributed by atoms with Crippen LogP contribution in [0.3, 0.4) is 0 Å². The first kappa shape index (κ1) is 18.6. The predicted molar refractivity (Wildman–Crippen MR) is 100 cm³/mol. The van der Waals surface area contributed by atoms with Crippen LogP contribution in [-0.2, 0) is 24.2 Å². The molecule has 0 saturated heterocycles. The van der Waals surface area contributed by atoms with Gasteiger partial charge in [0.05, 0.1) is 11.8 Å². The Morgan fingerprint density at radius 2 is 2.04 bits per heavy atom. The molecule has 3 rings (SSSR count). The number of aromatic nitrogens is 4. The van der Waals surface area contributed by atoms with Crippen molar-refractivity contribution in [1.29, 1.82) is 0 Å². The number of carbonyl (C=O) groups is 1.